The number of anilines is 1. The number of aryl methyl sites for hydroxylation is 1. The Balaban J connectivity index is 1.74. The SMILES string of the molecule is CC[C@H](NC(=O)c1ccc2c(c1)CCC(=O)N2)c1ccc(OC)cc1. The molecule has 1 atom stereocenters. The molecule has 1 aliphatic heterocycles. The Bertz CT molecular complexity index is 784. The Kier molecular flexibility index (Phi) is 5.03. The van der Waals surface area contributed by atoms with Crippen molar-refractivity contribution in [3.63, 3.8) is 0 Å². The van der Waals surface area contributed by atoms with Gasteiger partial charge in [0.15, 0.2) is 0 Å². The molecule has 0 aliphatic carbocycles. The Morgan fingerprint density at radius 3 is 2.64 bits per heavy atom. The van der Waals surface area contributed by atoms with E-state index in [2.05, 4.69) is 10.6 Å². The van der Waals surface area contributed by atoms with E-state index >= 15 is 0 Å². The smallest absolute Gasteiger partial charge is 0.251 e. The summed E-state index contributed by atoms with van der Waals surface area (Å²) in [5.41, 5.74) is 3.46. The molecule has 0 aromatic heterocycles. The zero-order chi connectivity index (χ0) is 17.8. The van der Waals surface area contributed by atoms with E-state index in [0.29, 0.717) is 18.4 Å². The third-order valence-corrected chi connectivity index (χ3v) is 4.49. The second-order valence-electron chi connectivity index (χ2n) is 6.13. The number of carbonyl (C=O) groups is 2. The molecule has 1 heterocycles. The van der Waals surface area contributed by atoms with Gasteiger partial charge in [-0.25, -0.2) is 0 Å². The number of fused-ring (bicyclic) bond motifs is 1. The molecular formula is C20H22N2O3. The number of ether oxygens (including phenoxy) is 1. The predicted octanol–water partition coefficient (Wildman–Crippen LogP) is 3.46. The van der Waals surface area contributed by atoms with Gasteiger partial charge in [-0.1, -0.05) is 19.1 Å². The van der Waals surface area contributed by atoms with Crippen molar-refractivity contribution in [2.24, 2.45) is 0 Å². The third-order valence-electron chi connectivity index (χ3n) is 4.49. The van der Waals surface area contributed by atoms with Crippen molar-refractivity contribution in [2.45, 2.75) is 32.2 Å². The lowest BCUT2D eigenvalue weighted by Crippen LogP contribution is -2.28. The van der Waals surface area contributed by atoms with E-state index in [-0.39, 0.29) is 17.9 Å². The van der Waals surface area contributed by atoms with E-state index in [4.69, 9.17) is 4.74 Å². The van der Waals surface area contributed by atoms with E-state index in [1.54, 1.807) is 19.2 Å². The lowest BCUT2D eigenvalue weighted by molar-refractivity contribution is -0.116. The number of hydrogen-bond donors (Lipinski definition) is 2. The summed E-state index contributed by atoms with van der Waals surface area (Å²) in [5, 5.41) is 5.92. The first kappa shape index (κ1) is 17.0. The summed E-state index contributed by atoms with van der Waals surface area (Å²) in [4.78, 5) is 24.1. The fourth-order valence-corrected chi connectivity index (χ4v) is 3.02. The van der Waals surface area contributed by atoms with E-state index in [9.17, 15) is 9.59 Å². The Labute approximate surface area is 147 Å². The minimum absolute atomic E-state index is 0.0234. The molecule has 0 unspecified atom stereocenters. The number of nitrogens with one attached hydrogen (secondary N) is 2. The highest BCUT2D eigenvalue weighted by atomic mass is 16.5. The van der Waals surface area contributed by atoms with Gasteiger partial charge in [0.1, 0.15) is 5.75 Å². The number of methoxy groups -OCH3 is 1. The summed E-state index contributed by atoms with van der Waals surface area (Å²) in [7, 11) is 1.63. The quantitative estimate of drug-likeness (QED) is 0.877. The third kappa shape index (κ3) is 3.82. The Hall–Kier alpha value is -2.82. The molecule has 0 saturated carbocycles. The molecule has 0 bridgehead atoms. The van der Waals surface area contributed by atoms with Gasteiger partial charge in [0.2, 0.25) is 5.91 Å². The van der Waals surface area contributed by atoms with Gasteiger partial charge < -0.3 is 15.4 Å². The van der Waals surface area contributed by atoms with Gasteiger partial charge in [-0.2, -0.15) is 0 Å². The van der Waals surface area contributed by atoms with Gasteiger partial charge in [0.25, 0.3) is 5.91 Å². The molecular weight excluding hydrogens is 316 g/mol. The van der Waals surface area contributed by atoms with E-state index in [1.165, 1.54) is 0 Å². The van der Waals surface area contributed by atoms with Crippen LogP contribution in [0.4, 0.5) is 5.69 Å². The van der Waals surface area contributed by atoms with Crippen LogP contribution in [0.15, 0.2) is 42.5 Å². The molecule has 2 aromatic rings. The lowest BCUT2D eigenvalue weighted by atomic mass is 9.99. The van der Waals surface area contributed by atoms with Crippen LogP contribution in [0.25, 0.3) is 0 Å². The summed E-state index contributed by atoms with van der Waals surface area (Å²) >= 11 is 0. The summed E-state index contributed by atoms with van der Waals surface area (Å²) in [6.45, 7) is 2.04. The summed E-state index contributed by atoms with van der Waals surface area (Å²) in [6, 6.07) is 13.1. The lowest BCUT2D eigenvalue weighted by Gasteiger charge is -2.20. The molecule has 0 saturated heterocycles. The van der Waals surface area contributed by atoms with Crippen molar-refractivity contribution in [3.05, 3.63) is 59.2 Å². The molecule has 3 rings (SSSR count). The number of hydrogen-bond acceptors (Lipinski definition) is 3. The second-order valence-corrected chi connectivity index (χ2v) is 6.13. The van der Waals surface area contributed by atoms with Crippen molar-refractivity contribution < 1.29 is 14.3 Å². The Morgan fingerprint density at radius 2 is 1.96 bits per heavy atom. The molecule has 25 heavy (non-hydrogen) atoms. The fourth-order valence-electron chi connectivity index (χ4n) is 3.02. The van der Waals surface area contributed by atoms with Crippen molar-refractivity contribution in [1.82, 2.24) is 5.32 Å². The zero-order valence-corrected chi connectivity index (χ0v) is 14.5. The van der Waals surface area contributed by atoms with Crippen molar-refractivity contribution in [3.8, 4) is 5.75 Å². The fraction of sp³-hybridized carbons (Fsp3) is 0.300. The molecule has 0 radical (unpaired) electrons. The first-order valence-corrected chi connectivity index (χ1v) is 8.48. The number of rotatable bonds is 5. The average molecular weight is 338 g/mol. The van der Waals surface area contributed by atoms with Crippen molar-refractivity contribution >= 4 is 17.5 Å². The van der Waals surface area contributed by atoms with Crippen LogP contribution < -0.4 is 15.4 Å². The van der Waals surface area contributed by atoms with Crippen LogP contribution in [0.2, 0.25) is 0 Å². The summed E-state index contributed by atoms with van der Waals surface area (Å²) < 4.78 is 5.18. The van der Waals surface area contributed by atoms with Crippen LogP contribution in [-0.4, -0.2) is 18.9 Å². The zero-order valence-electron chi connectivity index (χ0n) is 14.5. The van der Waals surface area contributed by atoms with Crippen LogP contribution in [-0.2, 0) is 11.2 Å². The highest BCUT2D eigenvalue weighted by Crippen LogP contribution is 2.25. The van der Waals surface area contributed by atoms with Crippen LogP contribution >= 0.6 is 0 Å². The Morgan fingerprint density at radius 1 is 1.20 bits per heavy atom. The minimum atomic E-state index is -0.109. The van der Waals surface area contributed by atoms with Crippen LogP contribution in [0.3, 0.4) is 0 Å². The van der Waals surface area contributed by atoms with Gasteiger partial charge in [-0.05, 0) is 54.3 Å². The highest BCUT2D eigenvalue weighted by molar-refractivity contribution is 5.98. The first-order chi connectivity index (χ1) is 12.1. The number of carbonyl (C=O) groups excluding carboxylic acids is 2. The van der Waals surface area contributed by atoms with Crippen LogP contribution in [0.5, 0.6) is 5.75 Å². The van der Waals surface area contributed by atoms with Gasteiger partial charge in [0, 0.05) is 17.7 Å². The van der Waals surface area contributed by atoms with Gasteiger partial charge in [0.05, 0.1) is 13.2 Å². The highest BCUT2D eigenvalue weighted by Gasteiger charge is 2.18. The van der Waals surface area contributed by atoms with Gasteiger partial charge in [-0.15, -0.1) is 0 Å². The molecule has 0 spiro atoms. The predicted molar refractivity (Wildman–Crippen MR) is 96.9 cm³/mol. The van der Waals surface area contributed by atoms with E-state index in [0.717, 1.165) is 29.0 Å². The van der Waals surface area contributed by atoms with Crippen molar-refractivity contribution in [1.29, 1.82) is 0 Å². The standard InChI is InChI=1S/C20H22N2O3/c1-3-17(13-4-8-16(25-2)9-5-13)22-20(24)15-6-10-18-14(12-15)7-11-19(23)21-18/h4-6,8-10,12,17H,3,7,11H2,1-2H3,(H,21,23)(H,22,24)/t17-/m0/s1. The van der Waals surface area contributed by atoms with Crippen LogP contribution in [0, 0.1) is 0 Å². The average Bonchev–Trinajstić information content (AvgIpc) is 2.65. The largest absolute Gasteiger partial charge is 0.497 e. The molecule has 0 fully saturated rings. The van der Waals surface area contributed by atoms with Gasteiger partial charge >= 0.3 is 0 Å². The molecule has 5 heteroatoms. The second kappa shape index (κ2) is 7.38. The number of amides is 2. The molecule has 2 amide bonds. The maximum Gasteiger partial charge on any atom is 0.251 e. The topological polar surface area (TPSA) is 67.4 Å². The monoisotopic (exact) mass is 338 g/mol. The molecule has 130 valence electrons. The normalized spacial score (nSPS) is 14.2. The summed E-state index contributed by atoms with van der Waals surface area (Å²) in [6.07, 6.45) is 1.92. The summed E-state index contributed by atoms with van der Waals surface area (Å²) in [5.74, 6) is 0.708. The van der Waals surface area contributed by atoms with Crippen LogP contribution in [0.1, 0.15) is 47.3 Å². The molecule has 1 aliphatic rings. The maximum atomic E-state index is 12.6. The van der Waals surface area contributed by atoms with Crippen molar-refractivity contribution in [2.75, 3.05) is 12.4 Å². The molecule has 2 aromatic carbocycles. The molecule has 5 nitrogen and oxygen atoms in total. The minimum Gasteiger partial charge on any atom is -0.497 e. The van der Waals surface area contributed by atoms with E-state index in [1.807, 2.05) is 37.3 Å². The van der Waals surface area contributed by atoms with E-state index < -0.39 is 0 Å². The molecule has 2 N–H and O–H groups in total. The maximum absolute atomic E-state index is 12.6. The number of benzene rings is 2. The van der Waals surface area contributed by atoms with Gasteiger partial charge in [-0.3, -0.25) is 9.59 Å². The first-order valence-electron chi connectivity index (χ1n) is 8.48.